The molecule has 3 heterocycles. The summed E-state index contributed by atoms with van der Waals surface area (Å²) in [5, 5.41) is 12.4. The van der Waals surface area contributed by atoms with Crippen molar-refractivity contribution in [2.75, 3.05) is 18.9 Å². The zero-order chi connectivity index (χ0) is 20.9. The maximum atomic E-state index is 12.5. The third kappa shape index (κ3) is 3.20. The average molecular weight is 393 g/mol. The van der Waals surface area contributed by atoms with Crippen molar-refractivity contribution >= 4 is 28.7 Å². The Bertz CT molecular complexity index is 1150. The summed E-state index contributed by atoms with van der Waals surface area (Å²) in [4.78, 5) is 38.4. The number of aryl methyl sites for hydroxylation is 1. The summed E-state index contributed by atoms with van der Waals surface area (Å²) in [5.41, 5.74) is 3.98. The number of aromatic amines is 1. The SMILES string of the molecule is Cc1nc2cccc(-c3cc4c([nH]3)CCN(C)C4=O)c2nc1NC(C)(C)C(=O)O. The number of fused-ring (bicyclic) bond motifs is 2. The predicted octanol–water partition coefficient (Wildman–Crippen LogP) is 2.84. The maximum Gasteiger partial charge on any atom is 0.328 e. The van der Waals surface area contributed by atoms with Gasteiger partial charge < -0.3 is 20.3 Å². The van der Waals surface area contributed by atoms with Gasteiger partial charge in [0.1, 0.15) is 16.9 Å². The molecule has 0 unspecified atom stereocenters. The molecule has 1 aliphatic heterocycles. The molecule has 1 aromatic carbocycles. The molecule has 8 heteroatoms. The number of anilines is 1. The highest BCUT2D eigenvalue weighted by atomic mass is 16.4. The maximum absolute atomic E-state index is 12.5. The second-order valence-electron chi connectivity index (χ2n) is 7.94. The van der Waals surface area contributed by atoms with Gasteiger partial charge in [-0.1, -0.05) is 12.1 Å². The highest BCUT2D eigenvalue weighted by molar-refractivity contribution is 5.99. The monoisotopic (exact) mass is 393 g/mol. The molecule has 0 saturated heterocycles. The van der Waals surface area contributed by atoms with E-state index in [9.17, 15) is 14.7 Å². The molecule has 1 aliphatic rings. The van der Waals surface area contributed by atoms with Gasteiger partial charge >= 0.3 is 5.97 Å². The predicted molar refractivity (Wildman–Crippen MR) is 110 cm³/mol. The van der Waals surface area contributed by atoms with Crippen LogP contribution in [0.15, 0.2) is 24.3 Å². The minimum absolute atomic E-state index is 0.00137. The van der Waals surface area contributed by atoms with Crippen LogP contribution in [0, 0.1) is 6.92 Å². The Kier molecular flexibility index (Phi) is 4.29. The van der Waals surface area contributed by atoms with Crippen LogP contribution in [0.2, 0.25) is 0 Å². The number of nitrogens with zero attached hydrogens (tertiary/aromatic N) is 3. The normalized spacial score (nSPS) is 14.2. The lowest BCUT2D eigenvalue weighted by atomic mass is 10.1. The van der Waals surface area contributed by atoms with Crippen LogP contribution in [-0.4, -0.2) is 56.0 Å². The minimum Gasteiger partial charge on any atom is -0.480 e. The number of rotatable bonds is 4. The van der Waals surface area contributed by atoms with Gasteiger partial charge in [0.2, 0.25) is 0 Å². The molecule has 0 saturated carbocycles. The van der Waals surface area contributed by atoms with Gasteiger partial charge in [-0.3, -0.25) is 4.79 Å². The van der Waals surface area contributed by atoms with Crippen molar-refractivity contribution in [2.24, 2.45) is 0 Å². The number of aliphatic carboxylic acids is 1. The number of H-pyrrole nitrogens is 1. The van der Waals surface area contributed by atoms with E-state index in [1.165, 1.54) is 0 Å². The topological polar surface area (TPSA) is 111 Å². The van der Waals surface area contributed by atoms with Gasteiger partial charge in [0.05, 0.1) is 16.8 Å². The van der Waals surface area contributed by atoms with Crippen LogP contribution in [0.1, 0.15) is 35.6 Å². The number of nitrogens with one attached hydrogen (secondary N) is 2. The molecule has 3 N–H and O–H groups in total. The van der Waals surface area contributed by atoms with Crippen molar-refractivity contribution in [3.8, 4) is 11.3 Å². The van der Waals surface area contributed by atoms with E-state index in [-0.39, 0.29) is 5.91 Å². The largest absolute Gasteiger partial charge is 0.480 e. The van der Waals surface area contributed by atoms with Gasteiger partial charge in [0.15, 0.2) is 0 Å². The highest BCUT2D eigenvalue weighted by Gasteiger charge is 2.29. The quantitative estimate of drug-likeness (QED) is 0.629. The summed E-state index contributed by atoms with van der Waals surface area (Å²) < 4.78 is 0. The van der Waals surface area contributed by atoms with Gasteiger partial charge in [-0.2, -0.15) is 0 Å². The van der Waals surface area contributed by atoms with Crippen LogP contribution >= 0.6 is 0 Å². The summed E-state index contributed by atoms with van der Waals surface area (Å²) in [6.45, 7) is 5.63. The number of carboxylic acid groups (broad SMARTS) is 1. The Hall–Kier alpha value is -3.42. The molecule has 2 aromatic heterocycles. The smallest absolute Gasteiger partial charge is 0.328 e. The first kappa shape index (κ1) is 18.9. The third-order valence-electron chi connectivity index (χ3n) is 5.30. The number of carbonyl (C=O) groups is 2. The number of benzene rings is 1. The second kappa shape index (κ2) is 6.58. The number of amides is 1. The molecular weight excluding hydrogens is 370 g/mol. The number of carbonyl (C=O) groups excluding carboxylic acids is 1. The molecule has 0 aliphatic carbocycles. The molecule has 0 bridgehead atoms. The van der Waals surface area contributed by atoms with Crippen LogP contribution in [0.4, 0.5) is 5.82 Å². The van der Waals surface area contributed by atoms with E-state index in [4.69, 9.17) is 4.98 Å². The molecule has 150 valence electrons. The number of carboxylic acids is 1. The van der Waals surface area contributed by atoms with Crippen LogP contribution in [0.5, 0.6) is 0 Å². The Labute approximate surface area is 168 Å². The first-order chi connectivity index (χ1) is 13.7. The van der Waals surface area contributed by atoms with Gasteiger partial charge in [-0.15, -0.1) is 0 Å². The molecule has 0 spiro atoms. The molecule has 0 radical (unpaired) electrons. The lowest BCUT2D eigenvalue weighted by Crippen LogP contribution is -2.40. The Morgan fingerprint density at radius 2 is 2.03 bits per heavy atom. The zero-order valence-electron chi connectivity index (χ0n) is 16.8. The molecule has 0 atom stereocenters. The number of hydrogen-bond acceptors (Lipinski definition) is 5. The molecule has 8 nitrogen and oxygen atoms in total. The van der Waals surface area contributed by atoms with Gasteiger partial charge in [0, 0.05) is 37.0 Å². The van der Waals surface area contributed by atoms with E-state index in [0.29, 0.717) is 34.7 Å². The number of likely N-dealkylation sites (N-methyl/N-ethyl adjacent to an activating group) is 1. The summed E-state index contributed by atoms with van der Waals surface area (Å²) in [5.74, 6) is -0.558. The van der Waals surface area contributed by atoms with Crippen LogP contribution in [-0.2, 0) is 11.2 Å². The van der Waals surface area contributed by atoms with Gasteiger partial charge in [0.25, 0.3) is 5.91 Å². The van der Waals surface area contributed by atoms with Crippen molar-refractivity contribution in [2.45, 2.75) is 32.7 Å². The average Bonchev–Trinajstić information content (AvgIpc) is 3.09. The number of aromatic nitrogens is 3. The van der Waals surface area contributed by atoms with E-state index in [2.05, 4.69) is 15.3 Å². The lowest BCUT2D eigenvalue weighted by molar-refractivity contribution is -0.141. The van der Waals surface area contributed by atoms with Crippen molar-refractivity contribution in [1.82, 2.24) is 19.9 Å². The Morgan fingerprint density at radius 3 is 2.76 bits per heavy atom. The second-order valence-corrected chi connectivity index (χ2v) is 7.94. The van der Waals surface area contributed by atoms with E-state index >= 15 is 0 Å². The fourth-order valence-electron chi connectivity index (χ4n) is 3.47. The van der Waals surface area contributed by atoms with Crippen molar-refractivity contribution in [3.05, 3.63) is 41.2 Å². The fraction of sp³-hybridized carbons (Fsp3) is 0.333. The van der Waals surface area contributed by atoms with Crippen LogP contribution in [0.3, 0.4) is 0 Å². The van der Waals surface area contributed by atoms with Crippen LogP contribution < -0.4 is 5.32 Å². The molecule has 3 aromatic rings. The first-order valence-electron chi connectivity index (χ1n) is 9.44. The summed E-state index contributed by atoms with van der Waals surface area (Å²) in [7, 11) is 1.80. The zero-order valence-corrected chi connectivity index (χ0v) is 16.8. The van der Waals surface area contributed by atoms with E-state index in [1.54, 1.807) is 32.7 Å². The van der Waals surface area contributed by atoms with Gasteiger partial charge in [-0.25, -0.2) is 14.8 Å². The first-order valence-corrected chi connectivity index (χ1v) is 9.44. The molecule has 4 rings (SSSR count). The standard InChI is InChI=1S/C21H23N5O3/c1-11-18(25-21(2,3)20(28)29)24-17-12(6-5-7-15(17)22-11)16-10-13-14(23-16)8-9-26(4)19(13)27/h5-7,10,23H,8-9H2,1-4H3,(H,24,25)(H,28,29). The van der Waals surface area contributed by atoms with Crippen molar-refractivity contribution in [3.63, 3.8) is 0 Å². The minimum atomic E-state index is -1.19. The number of para-hydroxylation sites is 1. The number of hydrogen-bond donors (Lipinski definition) is 3. The van der Waals surface area contributed by atoms with Gasteiger partial charge in [-0.05, 0) is 32.9 Å². The van der Waals surface area contributed by atoms with Crippen molar-refractivity contribution in [1.29, 1.82) is 0 Å². The highest BCUT2D eigenvalue weighted by Crippen LogP contribution is 2.31. The Balaban J connectivity index is 1.84. The van der Waals surface area contributed by atoms with Crippen molar-refractivity contribution < 1.29 is 14.7 Å². The third-order valence-corrected chi connectivity index (χ3v) is 5.30. The fourth-order valence-corrected chi connectivity index (χ4v) is 3.47. The van der Waals surface area contributed by atoms with Crippen LogP contribution in [0.25, 0.3) is 22.3 Å². The van der Waals surface area contributed by atoms with E-state index in [0.717, 1.165) is 23.4 Å². The molecular formula is C21H23N5O3. The Morgan fingerprint density at radius 1 is 1.28 bits per heavy atom. The van der Waals surface area contributed by atoms with E-state index in [1.807, 2.05) is 24.3 Å². The molecule has 0 fully saturated rings. The molecule has 29 heavy (non-hydrogen) atoms. The molecule has 1 amide bonds. The lowest BCUT2D eigenvalue weighted by Gasteiger charge is -2.23. The summed E-state index contributed by atoms with van der Waals surface area (Å²) in [6.07, 6.45) is 0.771. The summed E-state index contributed by atoms with van der Waals surface area (Å²) in [6, 6.07) is 7.54. The van der Waals surface area contributed by atoms with E-state index < -0.39 is 11.5 Å². The summed E-state index contributed by atoms with van der Waals surface area (Å²) >= 11 is 0.